The number of anilines is 3. The van der Waals surface area contributed by atoms with Gasteiger partial charge in [0.25, 0.3) is 0 Å². The van der Waals surface area contributed by atoms with E-state index >= 15 is 0 Å². The largest absolute Gasteiger partial charge is 0.456 e. The number of hydrogen-bond acceptors (Lipinski definition) is 4. The van der Waals surface area contributed by atoms with Crippen LogP contribution in [0.2, 0.25) is 0 Å². The standard InChI is InChI=1S/C57H37NO2S/c1-57(2)47-18-8-6-14-40(47)41-29-27-38(31-48(41)57)58(37-25-22-35(23-26-37)39-16-11-21-54-55(39)44-15-7-9-20-53(44)61-54)49-19-10-17-43-46-33-51-45(32-52(46)60-56(43)49)42-28-24-36(30-50(42)59-51)34-12-4-3-5-13-34/h3-33H,1-2H3. The summed E-state index contributed by atoms with van der Waals surface area (Å²) in [4.78, 5) is 2.37. The van der Waals surface area contributed by atoms with Gasteiger partial charge in [0.1, 0.15) is 16.7 Å². The van der Waals surface area contributed by atoms with Crippen LogP contribution >= 0.6 is 11.3 Å². The zero-order valence-corrected chi connectivity index (χ0v) is 34.4. The van der Waals surface area contributed by atoms with E-state index < -0.39 is 0 Å². The van der Waals surface area contributed by atoms with E-state index in [1.165, 1.54) is 59.1 Å². The lowest BCUT2D eigenvalue weighted by Gasteiger charge is -2.28. The SMILES string of the molecule is CC1(C)c2ccccc2-c2ccc(N(c3ccc(-c4cccc5sc6ccccc6c45)cc3)c3cccc4c3oc3cc5c(cc34)oc3cc(-c4ccccc4)ccc35)cc21. The van der Waals surface area contributed by atoms with Crippen molar-refractivity contribution in [3.05, 3.63) is 199 Å². The Kier molecular flexibility index (Phi) is 7.23. The third-order valence-electron chi connectivity index (χ3n) is 13.1. The van der Waals surface area contributed by atoms with Crippen LogP contribution in [0.4, 0.5) is 17.1 Å². The van der Waals surface area contributed by atoms with Gasteiger partial charge in [-0.15, -0.1) is 11.3 Å². The van der Waals surface area contributed by atoms with Crippen LogP contribution in [0.3, 0.4) is 0 Å². The normalized spacial score (nSPS) is 13.2. The summed E-state index contributed by atoms with van der Waals surface area (Å²) in [6.07, 6.45) is 0. The average molecular weight is 800 g/mol. The first-order chi connectivity index (χ1) is 30.0. The fourth-order valence-corrected chi connectivity index (χ4v) is 11.2. The van der Waals surface area contributed by atoms with Gasteiger partial charge in [-0.2, -0.15) is 0 Å². The van der Waals surface area contributed by atoms with Gasteiger partial charge in [-0.25, -0.2) is 0 Å². The fraction of sp³-hybridized carbons (Fsp3) is 0.0526. The van der Waals surface area contributed by atoms with Crippen molar-refractivity contribution < 1.29 is 8.83 Å². The summed E-state index contributed by atoms with van der Waals surface area (Å²) in [5.41, 5.74) is 16.4. The Morgan fingerprint density at radius 1 is 0.410 bits per heavy atom. The maximum atomic E-state index is 7.00. The van der Waals surface area contributed by atoms with Crippen molar-refractivity contribution in [2.24, 2.45) is 0 Å². The predicted octanol–water partition coefficient (Wildman–Crippen LogP) is 17.0. The molecule has 3 nitrogen and oxygen atoms in total. The van der Waals surface area contributed by atoms with Gasteiger partial charge >= 0.3 is 0 Å². The summed E-state index contributed by atoms with van der Waals surface area (Å²) in [5.74, 6) is 0. The van der Waals surface area contributed by atoms with E-state index in [-0.39, 0.29) is 5.41 Å². The van der Waals surface area contributed by atoms with E-state index in [4.69, 9.17) is 8.83 Å². The van der Waals surface area contributed by atoms with Crippen LogP contribution in [0.25, 0.3) is 97.4 Å². The molecule has 12 aromatic rings. The minimum Gasteiger partial charge on any atom is -0.456 e. The molecule has 13 rings (SSSR count). The van der Waals surface area contributed by atoms with Gasteiger partial charge in [0, 0.05) is 58.5 Å². The van der Waals surface area contributed by atoms with Gasteiger partial charge in [-0.1, -0.05) is 135 Å². The van der Waals surface area contributed by atoms with E-state index in [1.54, 1.807) is 0 Å². The van der Waals surface area contributed by atoms with E-state index in [2.05, 4.69) is 201 Å². The molecule has 0 fully saturated rings. The van der Waals surface area contributed by atoms with E-state index in [1.807, 2.05) is 17.4 Å². The van der Waals surface area contributed by atoms with Crippen molar-refractivity contribution in [1.29, 1.82) is 0 Å². The van der Waals surface area contributed by atoms with Crippen molar-refractivity contribution in [3.63, 3.8) is 0 Å². The topological polar surface area (TPSA) is 29.5 Å². The van der Waals surface area contributed by atoms with Gasteiger partial charge in [0.05, 0.1) is 5.69 Å². The summed E-state index contributed by atoms with van der Waals surface area (Å²) in [6, 6.07) is 68.1. The number of thiophene rings is 1. The van der Waals surface area contributed by atoms with Crippen LogP contribution in [0.5, 0.6) is 0 Å². The molecular weight excluding hydrogens is 763 g/mol. The second-order valence-electron chi connectivity index (χ2n) is 16.8. The molecule has 0 saturated heterocycles. The van der Waals surface area contributed by atoms with Crippen molar-refractivity contribution in [2.45, 2.75) is 19.3 Å². The second kappa shape index (κ2) is 12.8. The van der Waals surface area contributed by atoms with Gasteiger partial charge in [0.15, 0.2) is 5.58 Å². The van der Waals surface area contributed by atoms with Crippen LogP contribution in [0.15, 0.2) is 197 Å². The summed E-state index contributed by atoms with van der Waals surface area (Å²) < 4.78 is 16.2. The molecular formula is C57H37NO2S. The lowest BCUT2D eigenvalue weighted by Crippen LogP contribution is -2.16. The Bertz CT molecular complexity index is 3740. The quantitative estimate of drug-likeness (QED) is 0.174. The number of para-hydroxylation sites is 1. The fourth-order valence-electron chi connectivity index (χ4n) is 10.1. The monoisotopic (exact) mass is 799 g/mol. The zero-order valence-electron chi connectivity index (χ0n) is 33.6. The van der Waals surface area contributed by atoms with Crippen molar-refractivity contribution in [2.75, 3.05) is 4.90 Å². The summed E-state index contributed by atoms with van der Waals surface area (Å²) in [5, 5.41) is 6.82. The highest BCUT2D eigenvalue weighted by Gasteiger charge is 2.36. The predicted molar refractivity (Wildman–Crippen MR) is 257 cm³/mol. The number of fused-ring (bicyclic) bond motifs is 12. The Morgan fingerprint density at radius 3 is 1.95 bits per heavy atom. The molecule has 0 saturated carbocycles. The first-order valence-electron chi connectivity index (χ1n) is 20.9. The molecule has 61 heavy (non-hydrogen) atoms. The smallest absolute Gasteiger partial charge is 0.159 e. The first kappa shape index (κ1) is 34.5. The maximum Gasteiger partial charge on any atom is 0.159 e. The van der Waals surface area contributed by atoms with E-state index in [0.717, 1.165) is 66.5 Å². The van der Waals surface area contributed by atoms with Crippen LogP contribution < -0.4 is 4.90 Å². The van der Waals surface area contributed by atoms with Crippen molar-refractivity contribution in [1.82, 2.24) is 0 Å². The molecule has 0 unspecified atom stereocenters. The number of rotatable bonds is 5. The highest BCUT2D eigenvalue weighted by atomic mass is 32.1. The molecule has 3 heterocycles. The minimum atomic E-state index is -0.149. The first-order valence-corrected chi connectivity index (χ1v) is 21.7. The van der Waals surface area contributed by atoms with E-state index in [0.29, 0.717) is 0 Å². The second-order valence-corrected chi connectivity index (χ2v) is 17.9. The average Bonchev–Trinajstić information content (AvgIpc) is 4.04. The van der Waals surface area contributed by atoms with Crippen LogP contribution in [0, 0.1) is 0 Å². The Labute approximate surface area is 356 Å². The third kappa shape index (κ3) is 5.09. The molecule has 4 heteroatoms. The Hall–Kier alpha value is -7.40. The third-order valence-corrected chi connectivity index (χ3v) is 14.2. The molecule has 1 aliphatic carbocycles. The molecule has 1 aliphatic rings. The highest BCUT2D eigenvalue weighted by molar-refractivity contribution is 7.25. The Balaban J connectivity index is 0.986. The lowest BCUT2D eigenvalue weighted by atomic mass is 9.82. The zero-order chi connectivity index (χ0) is 40.4. The van der Waals surface area contributed by atoms with Crippen LogP contribution in [-0.4, -0.2) is 0 Å². The number of nitrogens with zero attached hydrogens (tertiary/aromatic N) is 1. The molecule has 0 aliphatic heterocycles. The molecule has 0 spiro atoms. The lowest BCUT2D eigenvalue weighted by molar-refractivity contribution is 0.660. The molecule has 0 bridgehead atoms. The minimum absolute atomic E-state index is 0.149. The number of hydrogen-bond donors (Lipinski definition) is 0. The van der Waals surface area contributed by atoms with Crippen molar-refractivity contribution in [3.8, 4) is 33.4 Å². The molecule has 0 N–H and O–H groups in total. The molecule has 288 valence electrons. The van der Waals surface area contributed by atoms with Crippen LogP contribution in [-0.2, 0) is 5.41 Å². The number of furan rings is 2. The maximum absolute atomic E-state index is 7.00. The van der Waals surface area contributed by atoms with Gasteiger partial charge in [-0.3, -0.25) is 0 Å². The Morgan fingerprint density at radius 2 is 1.07 bits per heavy atom. The van der Waals surface area contributed by atoms with Crippen molar-refractivity contribution >= 4 is 92.4 Å². The van der Waals surface area contributed by atoms with Gasteiger partial charge < -0.3 is 13.7 Å². The number of benzene rings is 9. The summed E-state index contributed by atoms with van der Waals surface area (Å²) in [7, 11) is 0. The van der Waals surface area contributed by atoms with Gasteiger partial charge in [0.2, 0.25) is 0 Å². The molecule has 9 aromatic carbocycles. The van der Waals surface area contributed by atoms with E-state index in [9.17, 15) is 0 Å². The molecule has 0 amide bonds. The van der Waals surface area contributed by atoms with Gasteiger partial charge in [-0.05, 0) is 111 Å². The van der Waals surface area contributed by atoms with Crippen LogP contribution in [0.1, 0.15) is 25.0 Å². The highest BCUT2D eigenvalue weighted by Crippen LogP contribution is 2.52. The molecule has 0 radical (unpaired) electrons. The summed E-state index contributed by atoms with van der Waals surface area (Å²) >= 11 is 1.86. The molecule has 3 aromatic heterocycles. The summed E-state index contributed by atoms with van der Waals surface area (Å²) in [6.45, 7) is 4.69. The molecule has 0 atom stereocenters.